The molecular formula is C16H26N2O2S. The number of hydrogen-bond donors (Lipinski definition) is 2. The van der Waals surface area contributed by atoms with Gasteiger partial charge in [-0.25, -0.2) is 13.1 Å². The lowest BCUT2D eigenvalue weighted by atomic mass is 9.81. The van der Waals surface area contributed by atoms with Crippen LogP contribution in [0.15, 0.2) is 23.1 Å². The average molecular weight is 310 g/mol. The Morgan fingerprint density at radius 3 is 2.52 bits per heavy atom. The third kappa shape index (κ3) is 4.45. The summed E-state index contributed by atoms with van der Waals surface area (Å²) in [6.45, 7) is 4.68. The van der Waals surface area contributed by atoms with E-state index in [2.05, 4.69) is 11.6 Å². The fourth-order valence-electron chi connectivity index (χ4n) is 3.01. The highest BCUT2D eigenvalue weighted by Crippen LogP contribution is 2.30. The molecule has 1 saturated carbocycles. The van der Waals surface area contributed by atoms with Crippen molar-refractivity contribution in [3.8, 4) is 0 Å². The number of anilines is 1. The van der Waals surface area contributed by atoms with Crippen LogP contribution in [0.4, 0.5) is 5.69 Å². The van der Waals surface area contributed by atoms with Crippen LogP contribution in [0.25, 0.3) is 0 Å². The molecule has 0 radical (unpaired) electrons. The molecule has 0 amide bonds. The van der Waals surface area contributed by atoms with Crippen LogP contribution in [0.3, 0.4) is 0 Å². The summed E-state index contributed by atoms with van der Waals surface area (Å²) in [5.41, 5.74) is 7.09. The van der Waals surface area contributed by atoms with Crippen LogP contribution in [0.5, 0.6) is 0 Å². The number of nitrogen functional groups attached to an aromatic ring is 1. The van der Waals surface area contributed by atoms with Crippen molar-refractivity contribution < 1.29 is 8.42 Å². The van der Waals surface area contributed by atoms with E-state index in [4.69, 9.17) is 5.73 Å². The lowest BCUT2D eigenvalue weighted by Gasteiger charge is -2.26. The van der Waals surface area contributed by atoms with E-state index in [0.717, 1.165) is 17.9 Å². The molecule has 4 nitrogen and oxygen atoms in total. The van der Waals surface area contributed by atoms with Crippen molar-refractivity contribution in [1.29, 1.82) is 0 Å². The number of nitrogens with two attached hydrogens (primary N) is 1. The summed E-state index contributed by atoms with van der Waals surface area (Å²) in [6.07, 6.45) is 5.88. The number of nitrogens with one attached hydrogen (secondary N) is 1. The van der Waals surface area contributed by atoms with Crippen LogP contribution in [0.1, 0.15) is 44.6 Å². The molecule has 1 aromatic carbocycles. The van der Waals surface area contributed by atoms with Gasteiger partial charge in [0, 0.05) is 6.54 Å². The van der Waals surface area contributed by atoms with Gasteiger partial charge >= 0.3 is 0 Å². The van der Waals surface area contributed by atoms with Gasteiger partial charge in [-0.2, -0.15) is 0 Å². The molecule has 2 rings (SSSR count). The summed E-state index contributed by atoms with van der Waals surface area (Å²) in [7, 11) is -3.49. The van der Waals surface area contributed by atoms with Crippen LogP contribution < -0.4 is 10.5 Å². The maximum Gasteiger partial charge on any atom is 0.242 e. The number of sulfonamides is 1. The molecule has 21 heavy (non-hydrogen) atoms. The molecule has 3 N–H and O–H groups in total. The maximum absolute atomic E-state index is 12.3. The monoisotopic (exact) mass is 310 g/mol. The first-order valence-electron chi connectivity index (χ1n) is 7.74. The Balaban J connectivity index is 1.89. The fraction of sp³-hybridized carbons (Fsp3) is 0.625. The van der Waals surface area contributed by atoms with Crippen LogP contribution in [0.2, 0.25) is 0 Å². The zero-order chi connectivity index (χ0) is 15.5. The SMILES string of the molecule is Cc1ccc(S(=O)(=O)NCCC2CCC(C)CC2)c(N)c1. The summed E-state index contributed by atoms with van der Waals surface area (Å²) in [5.74, 6) is 1.48. The third-order valence-electron chi connectivity index (χ3n) is 4.43. The first-order valence-corrected chi connectivity index (χ1v) is 9.22. The molecule has 0 spiro atoms. The van der Waals surface area contributed by atoms with Gasteiger partial charge in [0.25, 0.3) is 0 Å². The lowest BCUT2D eigenvalue weighted by molar-refractivity contribution is 0.278. The van der Waals surface area contributed by atoms with Crippen LogP contribution in [-0.2, 0) is 10.0 Å². The van der Waals surface area contributed by atoms with E-state index in [1.807, 2.05) is 6.92 Å². The van der Waals surface area contributed by atoms with Gasteiger partial charge < -0.3 is 5.73 Å². The molecule has 0 unspecified atom stereocenters. The highest BCUT2D eigenvalue weighted by atomic mass is 32.2. The van der Waals surface area contributed by atoms with E-state index >= 15 is 0 Å². The topological polar surface area (TPSA) is 72.2 Å². The maximum atomic E-state index is 12.3. The molecule has 118 valence electrons. The number of aryl methyl sites for hydroxylation is 1. The minimum absolute atomic E-state index is 0.186. The summed E-state index contributed by atoms with van der Waals surface area (Å²) in [4.78, 5) is 0.186. The molecule has 1 aliphatic rings. The molecule has 1 aromatic rings. The van der Waals surface area contributed by atoms with Gasteiger partial charge in [-0.15, -0.1) is 0 Å². The Bertz CT molecular complexity index is 576. The van der Waals surface area contributed by atoms with Gasteiger partial charge in [-0.1, -0.05) is 38.7 Å². The van der Waals surface area contributed by atoms with E-state index in [0.29, 0.717) is 18.2 Å². The van der Waals surface area contributed by atoms with Crippen molar-refractivity contribution in [3.63, 3.8) is 0 Å². The highest BCUT2D eigenvalue weighted by Gasteiger charge is 2.20. The van der Waals surface area contributed by atoms with Crippen molar-refractivity contribution in [3.05, 3.63) is 23.8 Å². The number of benzene rings is 1. The second-order valence-corrected chi connectivity index (χ2v) is 8.09. The Morgan fingerprint density at radius 2 is 1.90 bits per heavy atom. The van der Waals surface area contributed by atoms with Gasteiger partial charge in [-0.05, 0) is 42.9 Å². The third-order valence-corrected chi connectivity index (χ3v) is 5.97. The van der Waals surface area contributed by atoms with Gasteiger partial charge in [0.2, 0.25) is 10.0 Å². The van der Waals surface area contributed by atoms with Crippen molar-refractivity contribution in [1.82, 2.24) is 4.72 Å². The molecule has 0 aromatic heterocycles. The number of hydrogen-bond acceptors (Lipinski definition) is 3. The average Bonchev–Trinajstić information content (AvgIpc) is 2.40. The molecule has 0 atom stereocenters. The molecule has 0 heterocycles. The fourth-order valence-corrected chi connectivity index (χ4v) is 4.16. The molecule has 5 heteroatoms. The normalized spacial score (nSPS) is 23.1. The molecule has 1 aliphatic carbocycles. The Kier molecular flexibility index (Phi) is 5.27. The van der Waals surface area contributed by atoms with Crippen LogP contribution >= 0.6 is 0 Å². The van der Waals surface area contributed by atoms with Gasteiger partial charge in [0.15, 0.2) is 0 Å². The van der Waals surface area contributed by atoms with E-state index in [1.165, 1.54) is 25.7 Å². The van der Waals surface area contributed by atoms with Gasteiger partial charge in [0.1, 0.15) is 4.90 Å². The molecular weight excluding hydrogens is 284 g/mol. The summed E-state index contributed by atoms with van der Waals surface area (Å²) in [6, 6.07) is 5.04. The second-order valence-electron chi connectivity index (χ2n) is 6.35. The Morgan fingerprint density at radius 1 is 1.24 bits per heavy atom. The van der Waals surface area contributed by atoms with Crippen molar-refractivity contribution in [2.24, 2.45) is 11.8 Å². The summed E-state index contributed by atoms with van der Waals surface area (Å²) >= 11 is 0. The van der Waals surface area contributed by atoms with Gasteiger partial charge in [-0.3, -0.25) is 0 Å². The largest absolute Gasteiger partial charge is 0.398 e. The minimum atomic E-state index is -3.49. The zero-order valence-electron chi connectivity index (χ0n) is 12.9. The minimum Gasteiger partial charge on any atom is -0.398 e. The predicted molar refractivity (Wildman–Crippen MR) is 86.5 cm³/mol. The molecule has 0 bridgehead atoms. The second kappa shape index (κ2) is 6.79. The molecule has 0 saturated heterocycles. The van der Waals surface area contributed by atoms with Crippen LogP contribution in [0, 0.1) is 18.8 Å². The van der Waals surface area contributed by atoms with Gasteiger partial charge in [0.05, 0.1) is 5.69 Å². The smallest absolute Gasteiger partial charge is 0.242 e. The Labute approximate surface area is 128 Å². The lowest BCUT2D eigenvalue weighted by Crippen LogP contribution is -2.27. The summed E-state index contributed by atoms with van der Waals surface area (Å²) < 4.78 is 27.2. The van der Waals surface area contributed by atoms with Crippen LogP contribution in [-0.4, -0.2) is 15.0 Å². The van der Waals surface area contributed by atoms with Crippen molar-refractivity contribution in [2.75, 3.05) is 12.3 Å². The summed E-state index contributed by atoms with van der Waals surface area (Å²) in [5, 5.41) is 0. The highest BCUT2D eigenvalue weighted by molar-refractivity contribution is 7.89. The number of rotatable bonds is 5. The Hall–Kier alpha value is -1.07. The van der Waals surface area contributed by atoms with Crippen molar-refractivity contribution >= 4 is 15.7 Å². The van der Waals surface area contributed by atoms with Crippen molar-refractivity contribution in [2.45, 2.75) is 50.8 Å². The molecule has 0 aliphatic heterocycles. The van der Waals surface area contributed by atoms with E-state index < -0.39 is 10.0 Å². The van der Waals surface area contributed by atoms with E-state index in [1.54, 1.807) is 18.2 Å². The molecule has 1 fully saturated rings. The zero-order valence-corrected chi connectivity index (χ0v) is 13.7. The van der Waals surface area contributed by atoms with E-state index in [9.17, 15) is 8.42 Å². The van der Waals surface area contributed by atoms with E-state index in [-0.39, 0.29) is 4.90 Å². The first kappa shape index (κ1) is 16.3. The standard InChI is InChI=1S/C16H26N2O2S/c1-12-3-6-14(7-4-12)9-10-18-21(19,20)16-8-5-13(2)11-15(16)17/h5,8,11-12,14,18H,3-4,6-7,9-10,17H2,1-2H3. The first-order chi connectivity index (χ1) is 9.88. The predicted octanol–water partition coefficient (Wildman–Crippen LogP) is 3.07. The quantitative estimate of drug-likeness (QED) is 0.821.